The summed E-state index contributed by atoms with van der Waals surface area (Å²) >= 11 is 0. The first-order valence-electron chi connectivity index (χ1n) is 6.91. The average molecular weight is 253 g/mol. The predicted molar refractivity (Wildman–Crippen MR) is 77.0 cm³/mol. The molecule has 2 heterocycles. The molecule has 3 nitrogen and oxygen atoms in total. The molecule has 0 fully saturated rings. The molecule has 3 rings (SSSR count). The maximum absolute atomic E-state index is 4.82. The molecule has 1 aromatic heterocycles. The van der Waals surface area contributed by atoms with E-state index in [1.54, 1.807) is 0 Å². The van der Waals surface area contributed by atoms with E-state index in [1.807, 2.05) is 18.2 Å². The van der Waals surface area contributed by atoms with Crippen molar-refractivity contribution in [2.75, 3.05) is 6.54 Å². The van der Waals surface area contributed by atoms with Crippen molar-refractivity contribution in [3.8, 4) is 11.4 Å². The highest BCUT2D eigenvalue weighted by Crippen LogP contribution is 2.26. The molecule has 0 bridgehead atoms. The number of nitrogens with one attached hydrogen (secondary N) is 1. The molecule has 0 atom stereocenters. The normalized spacial score (nSPS) is 14.5. The van der Waals surface area contributed by atoms with Gasteiger partial charge in [-0.25, -0.2) is 9.97 Å². The number of aromatic nitrogens is 2. The van der Waals surface area contributed by atoms with Gasteiger partial charge in [-0.15, -0.1) is 0 Å². The Balaban J connectivity index is 2.14. The topological polar surface area (TPSA) is 37.8 Å². The lowest BCUT2D eigenvalue weighted by Crippen LogP contribution is -2.27. The zero-order valence-corrected chi connectivity index (χ0v) is 11.5. The number of hydrogen-bond acceptors (Lipinski definition) is 3. The number of fused-ring (bicyclic) bond motifs is 1. The number of hydrogen-bond donors (Lipinski definition) is 1. The summed E-state index contributed by atoms with van der Waals surface area (Å²) in [4.78, 5) is 9.57. The molecule has 0 aliphatic carbocycles. The lowest BCUT2D eigenvalue weighted by molar-refractivity contribution is 0.609. The van der Waals surface area contributed by atoms with Crippen LogP contribution in [0.2, 0.25) is 0 Å². The minimum Gasteiger partial charge on any atom is -0.311 e. The molecule has 0 unspecified atom stereocenters. The van der Waals surface area contributed by atoms with Gasteiger partial charge in [-0.2, -0.15) is 0 Å². The largest absolute Gasteiger partial charge is 0.311 e. The molecule has 98 valence electrons. The Kier molecular flexibility index (Phi) is 3.30. The van der Waals surface area contributed by atoms with Crippen molar-refractivity contribution >= 4 is 0 Å². The predicted octanol–water partition coefficient (Wildman–Crippen LogP) is 2.91. The van der Waals surface area contributed by atoms with Gasteiger partial charge in [0.25, 0.3) is 0 Å². The van der Waals surface area contributed by atoms with Gasteiger partial charge in [0.2, 0.25) is 0 Å². The minimum absolute atomic E-state index is 0.442. The van der Waals surface area contributed by atoms with Gasteiger partial charge in [0.15, 0.2) is 5.82 Å². The van der Waals surface area contributed by atoms with E-state index in [4.69, 9.17) is 9.97 Å². The third-order valence-electron chi connectivity index (χ3n) is 3.55. The van der Waals surface area contributed by atoms with Crippen LogP contribution in [0, 0.1) is 0 Å². The first-order chi connectivity index (χ1) is 9.25. The quantitative estimate of drug-likeness (QED) is 0.894. The van der Waals surface area contributed by atoms with Crippen LogP contribution in [0.3, 0.4) is 0 Å². The molecule has 0 spiro atoms. The maximum atomic E-state index is 4.82. The highest BCUT2D eigenvalue weighted by atomic mass is 15.0. The molecule has 1 N–H and O–H groups in total. The summed E-state index contributed by atoms with van der Waals surface area (Å²) in [6.45, 7) is 6.30. The molecule has 19 heavy (non-hydrogen) atoms. The van der Waals surface area contributed by atoms with Gasteiger partial charge in [0.1, 0.15) is 0 Å². The summed E-state index contributed by atoms with van der Waals surface area (Å²) in [6, 6.07) is 10.2. The molecular formula is C16H19N3. The van der Waals surface area contributed by atoms with Gasteiger partial charge in [0, 0.05) is 12.1 Å². The zero-order chi connectivity index (χ0) is 13.2. The molecule has 1 aliphatic heterocycles. The van der Waals surface area contributed by atoms with Gasteiger partial charge in [0.05, 0.1) is 11.4 Å². The van der Waals surface area contributed by atoms with Crippen LogP contribution in [0.15, 0.2) is 30.3 Å². The fourth-order valence-electron chi connectivity index (χ4n) is 2.58. The Morgan fingerprint density at radius 1 is 1.11 bits per heavy atom. The van der Waals surface area contributed by atoms with Gasteiger partial charge >= 0.3 is 0 Å². The summed E-state index contributed by atoms with van der Waals surface area (Å²) in [7, 11) is 0. The van der Waals surface area contributed by atoms with Crippen molar-refractivity contribution in [3.63, 3.8) is 0 Å². The number of nitrogens with zero attached hydrogens (tertiary/aromatic N) is 2. The van der Waals surface area contributed by atoms with Crippen LogP contribution in [-0.4, -0.2) is 16.5 Å². The summed E-state index contributed by atoms with van der Waals surface area (Å²) < 4.78 is 0. The van der Waals surface area contributed by atoms with E-state index in [0.717, 1.165) is 30.9 Å². The fraction of sp³-hybridized carbons (Fsp3) is 0.375. The van der Waals surface area contributed by atoms with Crippen LogP contribution in [0.1, 0.15) is 36.7 Å². The molecular weight excluding hydrogens is 234 g/mol. The maximum Gasteiger partial charge on any atom is 0.159 e. The van der Waals surface area contributed by atoms with Gasteiger partial charge in [-0.3, -0.25) is 0 Å². The second kappa shape index (κ2) is 5.10. The average Bonchev–Trinajstić information content (AvgIpc) is 2.47. The molecule has 1 aromatic carbocycles. The van der Waals surface area contributed by atoms with E-state index in [1.165, 1.54) is 17.0 Å². The third-order valence-corrected chi connectivity index (χ3v) is 3.55. The summed E-state index contributed by atoms with van der Waals surface area (Å²) in [5.41, 5.74) is 4.83. The fourth-order valence-corrected chi connectivity index (χ4v) is 2.58. The first-order valence-corrected chi connectivity index (χ1v) is 6.91. The van der Waals surface area contributed by atoms with Crippen LogP contribution in [0.5, 0.6) is 0 Å². The lowest BCUT2D eigenvalue weighted by Gasteiger charge is -2.21. The monoisotopic (exact) mass is 253 g/mol. The van der Waals surface area contributed by atoms with Crippen LogP contribution >= 0.6 is 0 Å². The van der Waals surface area contributed by atoms with Crippen LogP contribution < -0.4 is 5.32 Å². The van der Waals surface area contributed by atoms with E-state index >= 15 is 0 Å². The van der Waals surface area contributed by atoms with E-state index in [0.29, 0.717) is 5.92 Å². The smallest absolute Gasteiger partial charge is 0.159 e. The van der Waals surface area contributed by atoms with E-state index in [9.17, 15) is 0 Å². The lowest BCUT2D eigenvalue weighted by atomic mass is 9.97. The van der Waals surface area contributed by atoms with Crippen molar-refractivity contribution in [1.29, 1.82) is 0 Å². The third kappa shape index (κ3) is 2.38. The van der Waals surface area contributed by atoms with Crippen molar-refractivity contribution in [2.24, 2.45) is 0 Å². The highest BCUT2D eigenvalue weighted by Gasteiger charge is 2.19. The summed E-state index contributed by atoms with van der Waals surface area (Å²) in [5, 5.41) is 3.40. The molecule has 0 radical (unpaired) electrons. The molecule has 3 heteroatoms. The van der Waals surface area contributed by atoms with Crippen LogP contribution in [0.25, 0.3) is 11.4 Å². The Bertz CT molecular complexity index is 576. The van der Waals surface area contributed by atoms with Crippen molar-refractivity contribution in [2.45, 2.75) is 32.7 Å². The van der Waals surface area contributed by atoms with Crippen molar-refractivity contribution in [1.82, 2.24) is 15.3 Å². The minimum atomic E-state index is 0.442. The Morgan fingerprint density at radius 2 is 1.89 bits per heavy atom. The molecule has 1 aliphatic rings. The van der Waals surface area contributed by atoms with Crippen LogP contribution in [-0.2, 0) is 13.0 Å². The highest BCUT2D eigenvalue weighted by molar-refractivity contribution is 5.56. The van der Waals surface area contributed by atoms with Gasteiger partial charge < -0.3 is 5.32 Å². The van der Waals surface area contributed by atoms with E-state index < -0.39 is 0 Å². The SMILES string of the molecule is CC(C)c1nc(-c2ccccc2)nc2c1CCNC2. The summed E-state index contributed by atoms with van der Waals surface area (Å²) in [5.74, 6) is 1.30. The molecule has 0 saturated carbocycles. The second-order valence-corrected chi connectivity index (χ2v) is 5.31. The number of rotatable bonds is 2. The Morgan fingerprint density at radius 3 is 2.63 bits per heavy atom. The van der Waals surface area contributed by atoms with Crippen LogP contribution in [0.4, 0.5) is 0 Å². The molecule has 0 saturated heterocycles. The van der Waals surface area contributed by atoms with E-state index in [2.05, 4.69) is 31.3 Å². The Hall–Kier alpha value is -1.74. The van der Waals surface area contributed by atoms with Crippen molar-refractivity contribution < 1.29 is 0 Å². The van der Waals surface area contributed by atoms with Gasteiger partial charge in [-0.1, -0.05) is 44.2 Å². The zero-order valence-electron chi connectivity index (χ0n) is 11.5. The standard InChI is InChI=1S/C16H19N3/c1-11(2)15-13-8-9-17-10-14(13)18-16(19-15)12-6-4-3-5-7-12/h3-7,11,17H,8-10H2,1-2H3. The second-order valence-electron chi connectivity index (χ2n) is 5.31. The van der Waals surface area contributed by atoms with Crippen molar-refractivity contribution in [3.05, 3.63) is 47.3 Å². The summed E-state index contributed by atoms with van der Waals surface area (Å²) in [6.07, 6.45) is 1.04. The molecule has 2 aromatic rings. The first kappa shape index (κ1) is 12.3. The number of benzene rings is 1. The van der Waals surface area contributed by atoms with Gasteiger partial charge in [-0.05, 0) is 24.4 Å². The molecule has 0 amide bonds. The Labute approximate surface area is 114 Å². The van der Waals surface area contributed by atoms with E-state index in [-0.39, 0.29) is 0 Å².